The van der Waals surface area contributed by atoms with Crippen molar-refractivity contribution in [2.45, 2.75) is 50.7 Å². The van der Waals surface area contributed by atoms with E-state index in [1.54, 1.807) is 12.1 Å². The van der Waals surface area contributed by atoms with Crippen LogP contribution in [0.4, 0.5) is 4.39 Å². The van der Waals surface area contributed by atoms with Crippen molar-refractivity contribution in [3.63, 3.8) is 0 Å². The molecule has 2 aliphatic rings. The Morgan fingerprint density at radius 1 is 1.09 bits per heavy atom. The highest BCUT2D eigenvalue weighted by Crippen LogP contribution is 2.24. The highest BCUT2D eigenvalue weighted by molar-refractivity contribution is 5.16. The fourth-order valence-corrected chi connectivity index (χ4v) is 4.04. The van der Waals surface area contributed by atoms with Gasteiger partial charge in [0.15, 0.2) is 0 Å². The van der Waals surface area contributed by atoms with Crippen molar-refractivity contribution in [3.05, 3.63) is 35.6 Å². The summed E-state index contributed by atoms with van der Waals surface area (Å²) in [6.07, 6.45) is 6.46. The van der Waals surface area contributed by atoms with E-state index in [4.69, 9.17) is 0 Å². The summed E-state index contributed by atoms with van der Waals surface area (Å²) in [5.74, 6) is -0.137. The van der Waals surface area contributed by atoms with E-state index in [0.717, 1.165) is 64.0 Å². The summed E-state index contributed by atoms with van der Waals surface area (Å²) < 4.78 is 13.2. The molecule has 3 rings (SSSR count). The number of halogens is 1. The number of benzene rings is 1. The Morgan fingerprint density at radius 3 is 2.61 bits per heavy atom. The minimum Gasteiger partial charge on any atom is -0.391 e. The average molecular weight is 320 g/mol. The molecule has 1 aromatic carbocycles. The maximum Gasteiger partial charge on any atom is 0.123 e. The van der Waals surface area contributed by atoms with Gasteiger partial charge < -0.3 is 10.0 Å². The van der Waals surface area contributed by atoms with Gasteiger partial charge >= 0.3 is 0 Å². The van der Waals surface area contributed by atoms with Gasteiger partial charge in [0.1, 0.15) is 5.82 Å². The molecule has 0 radical (unpaired) electrons. The molecular weight excluding hydrogens is 291 g/mol. The number of aliphatic hydroxyl groups excluding tert-OH is 1. The third-order valence-corrected chi connectivity index (χ3v) is 5.40. The van der Waals surface area contributed by atoms with E-state index in [1.165, 1.54) is 18.9 Å². The van der Waals surface area contributed by atoms with E-state index in [-0.39, 0.29) is 11.9 Å². The molecule has 2 fully saturated rings. The van der Waals surface area contributed by atoms with E-state index in [0.29, 0.717) is 6.04 Å². The zero-order chi connectivity index (χ0) is 16.1. The fraction of sp³-hybridized carbons (Fsp3) is 0.684. The van der Waals surface area contributed by atoms with Gasteiger partial charge in [-0.2, -0.15) is 0 Å². The van der Waals surface area contributed by atoms with Gasteiger partial charge in [0, 0.05) is 32.2 Å². The maximum absolute atomic E-state index is 13.2. The Kier molecular flexibility index (Phi) is 6.03. The van der Waals surface area contributed by atoms with Crippen LogP contribution in [0.15, 0.2) is 24.3 Å². The third-order valence-electron chi connectivity index (χ3n) is 5.40. The van der Waals surface area contributed by atoms with Crippen LogP contribution >= 0.6 is 0 Å². The van der Waals surface area contributed by atoms with E-state index in [1.807, 2.05) is 6.07 Å². The molecule has 0 unspecified atom stereocenters. The van der Waals surface area contributed by atoms with Crippen LogP contribution < -0.4 is 0 Å². The number of hydrogen-bond acceptors (Lipinski definition) is 3. The molecule has 1 N–H and O–H groups in total. The lowest BCUT2D eigenvalue weighted by atomic mass is 9.91. The molecule has 4 heteroatoms. The van der Waals surface area contributed by atoms with Crippen LogP contribution in [0.5, 0.6) is 0 Å². The normalized spacial score (nSPS) is 27.2. The van der Waals surface area contributed by atoms with Crippen molar-refractivity contribution in [2.24, 2.45) is 0 Å². The first kappa shape index (κ1) is 16.9. The molecule has 1 heterocycles. The molecule has 0 bridgehead atoms. The van der Waals surface area contributed by atoms with Gasteiger partial charge in [0.05, 0.1) is 6.10 Å². The van der Waals surface area contributed by atoms with Gasteiger partial charge in [-0.05, 0) is 49.9 Å². The van der Waals surface area contributed by atoms with Crippen LogP contribution in [0, 0.1) is 5.82 Å². The zero-order valence-corrected chi connectivity index (χ0v) is 14.0. The quantitative estimate of drug-likeness (QED) is 0.903. The standard InChI is InChI=1S/C19H29FN2O/c20-17-7-3-5-16(15-17)6-4-10-21-11-13-22(14-12-21)18-8-1-2-9-19(18)23/h3,5,7,15,18-19,23H,1-2,4,6,8-14H2/t18-,19-/m0/s1. The van der Waals surface area contributed by atoms with Crippen molar-refractivity contribution < 1.29 is 9.50 Å². The Labute approximate surface area is 139 Å². The summed E-state index contributed by atoms with van der Waals surface area (Å²) in [5, 5.41) is 10.2. The topological polar surface area (TPSA) is 26.7 Å². The molecule has 23 heavy (non-hydrogen) atoms. The van der Waals surface area contributed by atoms with Crippen LogP contribution in [0.1, 0.15) is 37.7 Å². The van der Waals surface area contributed by atoms with E-state index >= 15 is 0 Å². The first-order chi connectivity index (χ1) is 11.2. The number of rotatable bonds is 5. The highest BCUT2D eigenvalue weighted by atomic mass is 19.1. The predicted octanol–water partition coefficient (Wildman–Crippen LogP) is 2.68. The van der Waals surface area contributed by atoms with Crippen LogP contribution in [0.25, 0.3) is 0 Å². The molecule has 3 nitrogen and oxygen atoms in total. The van der Waals surface area contributed by atoms with E-state index in [2.05, 4.69) is 9.80 Å². The lowest BCUT2D eigenvalue weighted by molar-refractivity contribution is -0.00358. The minimum absolute atomic E-state index is 0.122. The number of hydrogen-bond donors (Lipinski definition) is 1. The van der Waals surface area contributed by atoms with Gasteiger partial charge in [-0.1, -0.05) is 25.0 Å². The summed E-state index contributed by atoms with van der Waals surface area (Å²) in [5.41, 5.74) is 1.09. The largest absolute Gasteiger partial charge is 0.391 e. The number of piperazine rings is 1. The zero-order valence-electron chi connectivity index (χ0n) is 14.0. The van der Waals surface area contributed by atoms with Crippen LogP contribution in [-0.2, 0) is 6.42 Å². The summed E-state index contributed by atoms with van der Waals surface area (Å²) in [4.78, 5) is 5.00. The van der Waals surface area contributed by atoms with Gasteiger partial charge in [0.2, 0.25) is 0 Å². The summed E-state index contributed by atoms with van der Waals surface area (Å²) >= 11 is 0. The smallest absolute Gasteiger partial charge is 0.123 e. The molecule has 128 valence electrons. The molecule has 1 saturated carbocycles. The maximum atomic E-state index is 13.2. The second-order valence-electron chi connectivity index (χ2n) is 7.03. The highest BCUT2D eigenvalue weighted by Gasteiger charge is 2.30. The number of nitrogens with zero attached hydrogens (tertiary/aromatic N) is 2. The van der Waals surface area contributed by atoms with Gasteiger partial charge in [0.25, 0.3) is 0 Å². The molecule has 1 aromatic rings. The van der Waals surface area contributed by atoms with Crippen molar-refractivity contribution in [3.8, 4) is 0 Å². The Morgan fingerprint density at radius 2 is 1.87 bits per heavy atom. The molecule has 1 aliphatic heterocycles. The summed E-state index contributed by atoms with van der Waals surface area (Å²) in [6, 6.07) is 7.33. The van der Waals surface area contributed by atoms with Crippen molar-refractivity contribution in [2.75, 3.05) is 32.7 Å². The lowest BCUT2D eigenvalue weighted by Gasteiger charge is -2.42. The third kappa shape index (κ3) is 4.75. The lowest BCUT2D eigenvalue weighted by Crippen LogP contribution is -2.54. The minimum atomic E-state index is -0.137. The first-order valence-electron chi connectivity index (χ1n) is 9.11. The van der Waals surface area contributed by atoms with E-state index < -0.39 is 0 Å². The van der Waals surface area contributed by atoms with Crippen molar-refractivity contribution in [1.29, 1.82) is 0 Å². The predicted molar refractivity (Wildman–Crippen MR) is 91.0 cm³/mol. The molecule has 1 aliphatic carbocycles. The Balaban J connectivity index is 1.37. The van der Waals surface area contributed by atoms with Crippen LogP contribution in [0.2, 0.25) is 0 Å². The van der Waals surface area contributed by atoms with Crippen LogP contribution in [0.3, 0.4) is 0 Å². The van der Waals surface area contributed by atoms with Crippen molar-refractivity contribution in [1.82, 2.24) is 9.80 Å². The average Bonchev–Trinajstić information content (AvgIpc) is 2.56. The molecular formula is C19H29FN2O. The monoisotopic (exact) mass is 320 g/mol. The van der Waals surface area contributed by atoms with Gasteiger partial charge in [-0.3, -0.25) is 4.90 Å². The summed E-state index contributed by atoms with van der Waals surface area (Å²) in [6.45, 7) is 5.40. The van der Waals surface area contributed by atoms with Gasteiger partial charge in [-0.25, -0.2) is 4.39 Å². The Bertz CT molecular complexity index is 488. The Hall–Kier alpha value is -0.970. The first-order valence-corrected chi connectivity index (χ1v) is 9.11. The molecule has 2 atom stereocenters. The number of aliphatic hydroxyl groups is 1. The van der Waals surface area contributed by atoms with Crippen LogP contribution in [-0.4, -0.2) is 59.8 Å². The SMILES string of the molecule is O[C@H]1CCCC[C@@H]1N1CCN(CCCc2cccc(F)c2)CC1. The van der Waals surface area contributed by atoms with Crippen molar-refractivity contribution >= 4 is 0 Å². The fourth-order valence-electron chi connectivity index (χ4n) is 4.04. The molecule has 1 saturated heterocycles. The summed E-state index contributed by atoms with van der Waals surface area (Å²) in [7, 11) is 0. The number of aryl methyl sites for hydroxylation is 1. The second kappa shape index (κ2) is 8.22. The molecule has 0 aromatic heterocycles. The second-order valence-corrected chi connectivity index (χ2v) is 7.03. The van der Waals surface area contributed by atoms with E-state index in [9.17, 15) is 9.50 Å². The molecule has 0 spiro atoms. The van der Waals surface area contributed by atoms with Gasteiger partial charge in [-0.15, -0.1) is 0 Å². The molecule has 0 amide bonds.